The first kappa shape index (κ1) is 21.3. The molecule has 0 saturated heterocycles. The monoisotopic (exact) mass is 421 g/mol. The standard InChI is InChI=1S/C22H22F3NO2S/c1-21(2,3)29(27)26-20(15-8-5-4-6-9-15)19-13-12-18(28-19)16-10-7-11-17(14-16)22(23,24)25/h4-14,20,26H,1-3H3/t20-,29?/m0/s1. The first-order valence-corrected chi connectivity index (χ1v) is 10.2. The van der Waals surface area contributed by atoms with Crippen LogP contribution >= 0.6 is 0 Å². The fraction of sp³-hybridized carbons (Fsp3) is 0.273. The van der Waals surface area contributed by atoms with Crippen molar-refractivity contribution in [2.75, 3.05) is 0 Å². The molecule has 0 aliphatic rings. The summed E-state index contributed by atoms with van der Waals surface area (Å²) in [7, 11) is -1.38. The lowest BCUT2D eigenvalue weighted by Gasteiger charge is -2.23. The second-order valence-corrected chi connectivity index (χ2v) is 9.62. The normalized spacial score (nSPS) is 14.6. The minimum Gasteiger partial charge on any atom is -0.459 e. The van der Waals surface area contributed by atoms with Crippen molar-refractivity contribution in [1.82, 2.24) is 4.72 Å². The molecule has 0 fully saturated rings. The summed E-state index contributed by atoms with van der Waals surface area (Å²) in [5, 5.41) is 0. The third kappa shape index (κ3) is 5.16. The minimum atomic E-state index is -4.43. The lowest BCUT2D eigenvalue weighted by atomic mass is 10.1. The number of benzene rings is 2. The molecular weight excluding hydrogens is 399 g/mol. The lowest BCUT2D eigenvalue weighted by molar-refractivity contribution is -0.137. The van der Waals surface area contributed by atoms with Gasteiger partial charge in [0.25, 0.3) is 0 Å². The van der Waals surface area contributed by atoms with Gasteiger partial charge in [-0.3, -0.25) is 0 Å². The number of furan rings is 1. The zero-order valence-electron chi connectivity index (χ0n) is 16.3. The molecule has 0 spiro atoms. The maximum atomic E-state index is 13.0. The van der Waals surface area contributed by atoms with Gasteiger partial charge in [-0.25, -0.2) is 8.93 Å². The average molecular weight is 421 g/mol. The first-order chi connectivity index (χ1) is 13.6. The number of nitrogens with one attached hydrogen (secondary N) is 1. The zero-order valence-corrected chi connectivity index (χ0v) is 17.1. The Labute approximate surface area is 170 Å². The minimum absolute atomic E-state index is 0.315. The van der Waals surface area contributed by atoms with E-state index in [0.29, 0.717) is 17.1 Å². The SMILES string of the molecule is CC(C)(C)S(=O)N[C@@H](c1ccccc1)c1ccc(-c2cccc(C(F)(F)F)c2)o1. The summed E-state index contributed by atoms with van der Waals surface area (Å²) < 4.78 is 60.2. The second-order valence-electron chi connectivity index (χ2n) is 7.62. The summed E-state index contributed by atoms with van der Waals surface area (Å²) in [5.74, 6) is 0.789. The quantitative estimate of drug-likeness (QED) is 0.540. The topological polar surface area (TPSA) is 42.2 Å². The zero-order chi connectivity index (χ0) is 21.2. The third-order valence-electron chi connectivity index (χ3n) is 4.30. The first-order valence-electron chi connectivity index (χ1n) is 9.06. The smallest absolute Gasteiger partial charge is 0.416 e. The number of halogens is 3. The number of hydrogen-bond donors (Lipinski definition) is 1. The van der Waals surface area contributed by atoms with E-state index in [0.717, 1.165) is 17.7 Å². The molecule has 1 N–H and O–H groups in total. The van der Waals surface area contributed by atoms with Crippen molar-refractivity contribution < 1.29 is 21.8 Å². The number of rotatable bonds is 5. The van der Waals surface area contributed by atoms with Crippen molar-refractivity contribution in [2.24, 2.45) is 0 Å². The van der Waals surface area contributed by atoms with Crippen LogP contribution in [0.15, 0.2) is 71.1 Å². The van der Waals surface area contributed by atoms with E-state index in [4.69, 9.17) is 4.42 Å². The highest BCUT2D eigenvalue weighted by molar-refractivity contribution is 7.84. The van der Waals surface area contributed by atoms with Gasteiger partial charge in [0, 0.05) is 5.56 Å². The molecule has 0 aliphatic carbocycles. The fourth-order valence-electron chi connectivity index (χ4n) is 2.73. The molecule has 3 aromatic rings. The Morgan fingerprint density at radius 3 is 2.24 bits per heavy atom. The van der Waals surface area contributed by atoms with Gasteiger partial charge in [0.05, 0.1) is 21.3 Å². The molecule has 0 bridgehead atoms. The van der Waals surface area contributed by atoms with Gasteiger partial charge in [0.2, 0.25) is 0 Å². The Kier molecular flexibility index (Phi) is 6.00. The molecule has 29 heavy (non-hydrogen) atoms. The summed E-state index contributed by atoms with van der Waals surface area (Å²) >= 11 is 0. The molecule has 0 saturated carbocycles. The predicted molar refractivity (Wildman–Crippen MR) is 108 cm³/mol. The Morgan fingerprint density at radius 2 is 1.62 bits per heavy atom. The molecule has 2 atom stereocenters. The van der Waals surface area contributed by atoms with Gasteiger partial charge in [-0.05, 0) is 50.6 Å². The van der Waals surface area contributed by atoms with E-state index in [1.165, 1.54) is 6.07 Å². The maximum Gasteiger partial charge on any atom is 0.416 e. The van der Waals surface area contributed by atoms with Gasteiger partial charge in [-0.2, -0.15) is 13.2 Å². The molecule has 154 valence electrons. The third-order valence-corrected chi connectivity index (χ3v) is 5.86. The van der Waals surface area contributed by atoms with Gasteiger partial charge >= 0.3 is 6.18 Å². The van der Waals surface area contributed by atoms with Gasteiger partial charge in [0.1, 0.15) is 17.6 Å². The Hall–Kier alpha value is -2.38. The highest BCUT2D eigenvalue weighted by atomic mass is 32.2. The van der Waals surface area contributed by atoms with Crippen LogP contribution in [-0.4, -0.2) is 8.96 Å². The largest absolute Gasteiger partial charge is 0.459 e. The summed E-state index contributed by atoms with van der Waals surface area (Å²) in [4.78, 5) is 0. The summed E-state index contributed by atoms with van der Waals surface area (Å²) in [6.07, 6.45) is -4.43. The van der Waals surface area contributed by atoms with Gasteiger partial charge < -0.3 is 4.42 Å². The van der Waals surface area contributed by atoms with Crippen LogP contribution in [0.1, 0.15) is 43.7 Å². The highest BCUT2D eigenvalue weighted by Gasteiger charge is 2.31. The van der Waals surface area contributed by atoms with Crippen LogP contribution in [-0.2, 0) is 17.2 Å². The van der Waals surface area contributed by atoms with Crippen LogP contribution in [0.4, 0.5) is 13.2 Å². The molecular formula is C22H22F3NO2S. The van der Waals surface area contributed by atoms with Gasteiger partial charge in [-0.15, -0.1) is 0 Å². The van der Waals surface area contributed by atoms with E-state index in [9.17, 15) is 17.4 Å². The predicted octanol–water partition coefficient (Wildman–Crippen LogP) is 6.11. The van der Waals surface area contributed by atoms with E-state index in [1.807, 2.05) is 51.1 Å². The van der Waals surface area contributed by atoms with Crippen LogP contribution < -0.4 is 4.72 Å². The summed E-state index contributed by atoms with van der Waals surface area (Å²) in [6.45, 7) is 5.57. The van der Waals surface area contributed by atoms with E-state index in [-0.39, 0.29) is 0 Å². The molecule has 3 rings (SSSR count). The second kappa shape index (κ2) is 8.16. The van der Waals surface area contributed by atoms with E-state index in [2.05, 4.69) is 4.72 Å². The van der Waals surface area contributed by atoms with Crippen LogP contribution in [0.25, 0.3) is 11.3 Å². The van der Waals surface area contributed by atoms with Crippen molar-refractivity contribution in [2.45, 2.75) is 37.7 Å². The Balaban J connectivity index is 1.97. The fourth-order valence-corrected chi connectivity index (χ4v) is 3.55. The molecule has 0 radical (unpaired) electrons. The molecule has 0 aliphatic heterocycles. The van der Waals surface area contributed by atoms with E-state index >= 15 is 0 Å². The molecule has 1 unspecified atom stereocenters. The average Bonchev–Trinajstić information content (AvgIpc) is 3.15. The molecule has 1 heterocycles. The van der Waals surface area contributed by atoms with Crippen molar-refractivity contribution >= 4 is 11.0 Å². The van der Waals surface area contributed by atoms with Crippen molar-refractivity contribution in [1.29, 1.82) is 0 Å². The molecule has 1 aromatic heterocycles. The van der Waals surface area contributed by atoms with E-state index in [1.54, 1.807) is 18.2 Å². The molecule has 2 aromatic carbocycles. The lowest BCUT2D eigenvalue weighted by Crippen LogP contribution is -2.36. The van der Waals surface area contributed by atoms with Crippen LogP contribution in [0, 0.1) is 0 Å². The summed E-state index contributed by atoms with van der Waals surface area (Å²) in [5.41, 5.74) is 0.435. The maximum absolute atomic E-state index is 13.0. The van der Waals surface area contributed by atoms with Crippen LogP contribution in [0.5, 0.6) is 0 Å². The van der Waals surface area contributed by atoms with Crippen molar-refractivity contribution in [3.8, 4) is 11.3 Å². The molecule has 3 nitrogen and oxygen atoms in total. The Morgan fingerprint density at radius 1 is 0.931 bits per heavy atom. The summed E-state index contributed by atoms with van der Waals surface area (Å²) in [6, 6.07) is 17.2. The van der Waals surface area contributed by atoms with Gasteiger partial charge in [0.15, 0.2) is 0 Å². The van der Waals surface area contributed by atoms with Crippen LogP contribution in [0.2, 0.25) is 0 Å². The van der Waals surface area contributed by atoms with Crippen molar-refractivity contribution in [3.63, 3.8) is 0 Å². The Bertz CT molecular complexity index is 991. The highest BCUT2D eigenvalue weighted by Crippen LogP contribution is 2.34. The van der Waals surface area contributed by atoms with E-state index < -0.39 is 33.5 Å². The molecule has 7 heteroatoms. The number of alkyl halides is 3. The molecule has 0 amide bonds. The van der Waals surface area contributed by atoms with Crippen molar-refractivity contribution in [3.05, 3.63) is 83.6 Å². The van der Waals surface area contributed by atoms with Gasteiger partial charge in [-0.1, -0.05) is 42.5 Å². The van der Waals surface area contributed by atoms with Crippen LogP contribution in [0.3, 0.4) is 0 Å². The number of hydrogen-bond acceptors (Lipinski definition) is 2.